The normalized spacial score (nSPS) is 20.4. The molecule has 1 aliphatic heterocycles. The van der Waals surface area contributed by atoms with Gasteiger partial charge in [-0.2, -0.15) is 5.10 Å². The number of alkyl halides is 2. The Kier molecular flexibility index (Phi) is 3.95. The number of anilines is 1. The number of hydrogen-bond donors (Lipinski definition) is 1. The lowest BCUT2D eigenvalue weighted by Gasteiger charge is -2.15. The van der Waals surface area contributed by atoms with Crippen LogP contribution in [0.2, 0.25) is 0 Å². The Morgan fingerprint density at radius 3 is 2.76 bits per heavy atom. The molecular weight excluding hydrogens is 328 g/mol. The molecule has 0 amide bonds. The molecule has 1 saturated heterocycles. The average molecular weight is 345 g/mol. The Balaban J connectivity index is 1.71. The third-order valence-corrected chi connectivity index (χ3v) is 4.25. The maximum absolute atomic E-state index is 13.5. The molecule has 0 saturated carbocycles. The lowest BCUT2D eigenvalue weighted by molar-refractivity contribution is 0.217. The zero-order chi connectivity index (χ0) is 17.4. The van der Waals surface area contributed by atoms with E-state index >= 15 is 0 Å². The molecule has 1 aromatic carbocycles. The molecule has 4 rings (SSSR count). The van der Waals surface area contributed by atoms with Crippen molar-refractivity contribution < 1.29 is 13.5 Å². The van der Waals surface area contributed by atoms with E-state index in [1.165, 1.54) is 6.33 Å². The Morgan fingerprint density at radius 1 is 1.20 bits per heavy atom. The van der Waals surface area contributed by atoms with Crippen LogP contribution in [0.5, 0.6) is 5.75 Å². The Labute approximate surface area is 142 Å². The Bertz CT molecular complexity index is 890. The van der Waals surface area contributed by atoms with Crippen LogP contribution in [0.25, 0.3) is 22.3 Å². The second-order valence-corrected chi connectivity index (χ2v) is 5.91. The summed E-state index contributed by atoms with van der Waals surface area (Å²) in [7, 11) is 0. The largest absolute Gasteiger partial charge is 0.494 e. The fourth-order valence-electron chi connectivity index (χ4n) is 3.01. The summed E-state index contributed by atoms with van der Waals surface area (Å²) in [5, 5.41) is 8.15. The van der Waals surface area contributed by atoms with Gasteiger partial charge < -0.3 is 9.64 Å². The predicted octanol–water partition coefficient (Wildman–Crippen LogP) is 2.91. The van der Waals surface area contributed by atoms with Crippen LogP contribution in [0.4, 0.5) is 14.6 Å². The summed E-state index contributed by atoms with van der Waals surface area (Å²) in [6, 6.07) is 7.35. The summed E-state index contributed by atoms with van der Waals surface area (Å²) < 4.78 is 32.5. The molecule has 1 unspecified atom stereocenters. The quantitative estimate of drug-likeness (QED) is 0.787. The lowest BCUT2D eigenvalue weighted by Crippen LogP contribution is -2.21. The molecule has 8 heteroatoms. The van der Waals surface area contributed by atoms with E-state index < -0.39 is 12.3 Å². The minimum Gasteiger partial charge on any atom is -0.494 e. The van der Waals surface area contributed by atoms with Gasteiger partial charge in [-0.15, -0.1) is 0 Å². The molecule has 1 fully saturated rings. The Hall–Kier alpha value is -2.77. The van der Waals surface area contributed by atoms with Gasteiger partial charge in [-0.25, -0.2) is 18.7 Å². The first kappa shape index (κ1) is 15.7. The molecule has 1 N–H and O–H groups in total. The average Bonchev–Trinajstić information content (AvgIpc) is 3.19. The SMILES string of the molecule is CCOc1ccc2[nH]nc(-c3cc(N4CC(F)[C@@H](F)C4)ncn3)c2c1. The van der Waals surface area contributed by atoms with E-state index in [9.17, 15) is 8.78 Å². The fraction of sp³-hybridized carbons (Fsp3) is 0.353. The molecule has 0 aliphatic carbocycles. The minimum absolute atomic E-state index is 0.00653. The van der Waals surface area contributed by atoms with Crippen LogP contribution in [0.15, 0.2) is 30.6 Å². The van der Waals surface area contributed by atoms with Gasteiger partial charge in [0.1, 0.15) is 23.6 Å². The van der Waals surface area contributed by atoms with Crippen molar-refractivity contribution in [2.24, 2.45) is 0 Å². The second kappa shape index (κ2) is 6.27. The summed E-state index contributed by atoms with van der Waals surface area (Å²) in [5.41, 5.74) is 2.09. The van der Waals surface area contributed by atoms with Crippen LogP contribution in [0, 0.1) is 0 Å². The molecule has 6 nitrogen and oxygen atoms in total. The minimum atomic E-state index is -1.49. The van der Waals surface area contributed by atoms with Gasteiger partial charge in [-0.05, 0) is 25.1 Å². The van der Waals surface area contributed by atoms with Gasteiger partial charge in [0.25, 0.3) is 0 Å². The monoisotopic (exact) mass is 345 g/mol. The summed E-state index contributed by atoms with van der Waals surface area (Å²) in [4.78, 5) is 10.00. The van der Waals surface area contributed by atoms with Gasteiger partial charge in [-0.3, -0.25) is 5.10 Å². The molecule has 2 aromatic heterocycles. The number of nitrogens with one attached hydrogen (secondary N) is 1. The van der Waals surface area contributed by atoms with Crippen molar-refractivity contribution in [3.8, 4) is 17.1 Å². The van der Waals surface area contributed by atoms with E-state index in [0.717, 1.165) is 16.7 Å². The first-order valence-electron chi connectivity index (χ1n) is 8.12. The van der Waals surface area contributed by atoms with Gasteiger partial charge in [0.15, 0.2) is 12.3 Å². The highest BCUT2D eigenvalue weighted by Crippen LogP contribution is 2.30. The van der Waals surface area contributed by atoms with Gasteiger partial charge in [0, 0.05) is 11.5 Å². The molecule has 0 radical (unpaired) electrons. The molecule has 2 atom stereocenters. The predicted molar refractivity (Wildman–Crippen MR) is 90.3 cm³/mol. The molecule has 0 bridgehead atoms. The highest BCUT2D eigenvalue weighted by Gasteiger charge is 2.33. The van der Waals surface area contributed by atoms with Crippen molar-refractivity contribution >= 4 is 16.7 Å². The molecular formula is C17H17F2N5O. The van der Waals surface area contributed by atoms with Crippen molar-refractivity contribution in [3.63, 3.8) is 0 Å². The van der Waals surface area contributed by atoms with E-state index in [4.69, 9.17) is 4.74 Å². The molecule has 0 spiro atoms. The van der Waals surface area contributed by atoms with Crippen LogP contribution in [-0.4, -0.2) is 52.2 Å². The van der Waals surface area contributed by atoms with Crippen LogP contribution in [0.3, 0.4) is 0 Å². The first-order valence-corrected chi connectivity index (χ1v) is 8.12. The zero-order valence-corrected chi connectivity index (χ0v) is 13.6. The van der Waals surface area contributed by atoms with Crippen LogP contribution in [0.1, 0.15) is 6.92 Å². The summed E-state index contributed by atoms with van der Waals surface area (Å²) in [6.07, 6.45) is -1.59. The van der Waals surface area contributed by atoms with Crippen molar-refractivity contribution in [3.05, 3.63) is 30.6 Å². The summed E-state index contributed by atoms with van der Waals surface area (Å²) >= 11 is 0. The third-order valence-electron chi connectivity index (χ3n) is 4.25. The number of rotatable bonds is 4. The summed E-state index contributed by atoms with van der Waals surface area (Å²) in [6.45, 7) is 2.48. The molecule has 1 aliphatic rings. The maximum Gasteiger partial charge on any atom is 0.150 e. The number of hydrogen-bond acceptors (Lipinski definition) is 5. The molecule has 25 heavy (non-hydrogen) atoms. The number of ether oxygens (including phenoxy) is 1. The van der Waals surface area contributed by atoms with Crippen LogP contribution in [-0.2, 0) is 0 Å². The lowest BCUT2D eigenvalue weighted by atomic mass is 10.1. The van der Waals surface area contributed by atoms with Crippen molar-refractivity contribution in [1.82, 2.24) is 20.2 Å². The Morgan fingerprint density at radius 2 is 2.00 bits per heavy atom. The molecule has 3 heterocycles. The standard InChI is InChI=1S/C17H17F2N5O/c1-2-25-10-3-4-14-11(5-10)17(23-22-14)15-6-16(21-9-20-15)24-7-12(18)13(19)8-24/h3-6,9,12-13H,2,7-8H2,1H3,(H,22,23)/t12-,13?/m0/s1. The van der Waals surface area contributed by atoms with Gasteiger partial charge in [0.2, 0.25) is 0 Å². The van der Waals surface area contributed by atoms with E-state index in [2.05, 4.69) is 20.2 Å². The number of fused-ring (bicyclic) bond motifs is 1. The number of aromatic amines is 1. The van der Waals surface area contributed by atoms with Crippen LogP contribution < -0.4 is 9.64 Å². The number of nitrogens with zero attached hydrogens (tertiary/aromatic N) is 4. The topological polar surface area (TPSA) is 66.9 Å². The van der Waals surface area contributed by atoms with Crippen molar-refractivity contribution in [1.29, 1.82) is 0 Å². The third kappa shape index (κ3) is 2.88. The van der Waals surface area contributed by atoms with Gasteiger partial charge in [-0.1, -0.05) is 0 Å². The highest BCUT2D eigenvalue weighted by molar-refractivity contribution is 5.93. The molecule has 3 aromatic rings. The fourth-order valence-corrected chi connectivity index (χ4v) is 3.01. The maximum atomic E-state index is 13.5. The number of benzene rings is 1. The van der Waals surface area contributed by atoms with Crippen molar-refractivity contribution in [2.45, 2.75) is 19.3 Å². The zero-order valence-electron chi connectivity index (χ0n) is 13.6. The smallest absolute Gasteiger partial charge is 0.150 e. The summed E-state index contributed by atoms with van der Waals surface area (Å²) in [5.74, 6) is 1.23. The van der Waals surface area contributed by atoms with Gasteiger partial charge in [0.05, 0.1) is 30.9 Å². The van der Waals surface area contributed by atoms with E-state index in [-0.39, 0.29) is 13.1 Å². The number of H-pyrrole nitrogens is 1. The second-order valence-electron chi connectivity index (χ2n) is 5.91. The van der Waals surface area contributed by atoms with Crippen LogP contribution >= 0.6 is 0 Å². The van der Waals surface area contributed by atoms with E-state index in [1.54, 1.807) is 11.0 Å². The van der Waals surface area contributed by atoms with E-state index in [0.29, 0.717) is 23.8 Å². The first-order chi connectivity index (χ1) is 12.2. The van der Waals surface area contributed by atoms with E-state index in [1.807, 2.05) is 25.1 Å². The molecule has 130 valence electrons. The van der Waals surface area contributed by atoms with Gasteiger partial charge >= 0.3 is 0 Å². The number of aromatic nitrogens is 4. The number of halogens is 2. The highest BCUT2D eigenvalue weighted by atomic mass is 19.2. The van der Waals surface area contributed by atoms with Crippen molar-refractivity contribution in [2.75, 3.05) is 24.6 Å².